The van der Waals surface area contributed by atoms with Gasteiger partial charge in [0.2, 0.25) is 0 Å². The summed E-state index contributed by atoms with van der Waals surface area (Å²) in [5.74, 6) is 0. The second-order valence-corrected chi connectivity index (χ2v) is 2.20. The van der Waals surface area contributed by atoms with Gasteiger partial charge in [-0.25, -0.2) is 0 Å². The third kappa shape index (κ3) is 2.15. The lowest BCUT2D eigenvalue weighted by Gasteiger charge is -1.93. The zero-order chi connectivity index (χ0) is 7.23. The summed E-state index contributed by atoms with van der Waals surface area (Å²) in [6, 6.07) is 0. The van der Waals surface area contributed by atoms with Crippen LogP contribution >= 0.6 is 0 Å². The minimum atomic E-state index is 0.712. The molecule has 10 heavy (non-hydrogen) atoms. The second-order valence-electron chi connectivity index (χ2n) is 2.20. The summed E-state index contributed by atoms with van der Waals surface area (Å²) in [5.41, 5.74) is 6.66. The fraction of sp³-hybridized carbons (Fsp3) is 0.375. The maximum atomic E-state index is 5.39. The van der Waals surface area contributed by atoms with Crippen molar-refractivity contribution in [3.63, 3.8) is 0 Å². The zero-order valence-electron chi connectivity index (χ0n) is 5.96. The molecule has 1 rings (SSSR count). The smallest absolute Gasteiger partial charge is 0.0573 e. The molecule has 0 aliphatic carbocycles. The molecule has 0 saturated heterocycles. The minimum Gasteiger partial charge on any atom is -0.330 e. The van der Waals surface area contributed by atoms with Crippen molar-refractivity contribution >= 4 is 6.21 Å². The largest absolute Gasteiger partial charge is 0.330 e. The van der Waals surface area contributed by atoms with Crippen LogP contribution in [0.4, 0.5) is 0 Å². The number of aliphatic imine (C=N–C) groups is 1. The molecule has 0 bridgehead atoms. The Bertz CT molecular complexity index is 178. The molecule has 1 heterocycles. The number of rotatable bonds is 2. The molecule has 2 heteroatoms. The number of nitrogens with zero attached hydrogens (tertiary/aromatic N) is 1. The van der Waals surface area contributed by atoms with Gasteiger partial charge in [-0.15, -0.1) is 0 Å². The quantitative estimate of drug-likeness (QED) is 0.602. The monoisotopic (exact) mass is 136 g/mol. The fourth-order valence-corrected chi connectivity index (χ4v) is 0.863. The lowest BCUT2D eigenvalue weighted by Crippen LogP contribution is -1.98. The number of hydrogen-bond donors (Lipinski definition) is 1. The molecule has 0 saturated carbocycles. The van der Waals surface area contributed by atoms with Gasteiger partial charge in [0, 0.05) is 6.21 Å². The first-order valence-electron chi connectivity index (χ1n) is 3.49. The van der Waals surface area contributed by atoms with Crippen molar-refractivity contribution in [3.05, 3.63) is 23.8 Å². The number of hydrogen-bond acceptors (Lipinski definition) is 2. The van der Waals surface area contributed by atoms with Gasteiger partial charge in [-0.1, -0.05) is 12.2 Å². The molecule has 0 amide bonds. The molecular formula is C8H12N2. The SMILES string of the molecule is NCCC1=CC=NCC=C1. The highest BCUT2D eigenvalue weighted by Gasteiger charge is 1.90. The van der Waals surface area contributed by atoms with Gasteiger partial charge in [0.25, 0.3) is 0 Å². The van der Waals surface area contributed by atoms with Crippen LogP contribution in [0.1, 0.15) is 6.42 Å². The Morgan fingerprint density at radius 3 is 3.30 bits per heavy atom. The van der Waals surface area contributed by atoms with Crippen LogP contribution in [0.5, 0.6) is 0 Å². The van der Waals surface area contributed by atoms with Crippen molar-refractivity contribution in [1.29, 1.82) is 0 Å². The third-order valence-corrected chi connectivity index (χ3v) is 1.37. The minimum absolute atomic E-state index is 0.712. The van der Waals surface area contributed by atoms with E-state index < -0.39 is 0 Å². The van der Waals surface area contributed by atoms with Gasteiger partial charge in [0.1, 0.15) is 0 Å². The van der Waals surface area contributed by atoms with Crippen LogP contribution in [0.15, 0.2) is 28.8 Å². The van der Waals surface area contributed by atoms with Crippen molar-refractivity contribution in [2.45, 2.75) is 6.42 Å². The number of allylic oxidation sites excluding steroid dienone is 2. The van der Waals surface area contributed by atoms with Crippen LogP contribution in [-0.2, 0) is 0 Å². The average molecular weight is 136 g/mol. The molecule has 1 aliphatic heterocycles. The predicted molar refractivity (Wildman–Crippen MR) is 44.3 cm³/mol. The molecule has 0 spiro atoms. The molecule has 54 valence electrons. The summed E-state index contributed by atoms with van der Waals surface area (Å²) in [5, 5.41) is 0. The molecule has 0 unspecified atom stereocenters. The van der Waals surface area contributed by atoms with E-state index in [-0.39, 0.29) is 0 Å². The maximum Gasteiger partial charge on any atom is 0.0573 e. The Kier molecular flexibility index (Phi) is 2.90. The van der Waals surface area contributed by atoms with Crippen molar-refractivity contribution < 1.29 is 0 Å². The van der Waals surface area contributed by atoms with Crippen molar-refractivity contribution in [2.24, 2.45) is 10.7 Å². The second kappa shape index (κ2) is 4.01. The molecule has 0 aromatic rings. The standard InChI is InChI=1S/C8H12N2/c9-5-3-8-2-1-6-10-7-4-8/h1-2,4,7H,3,5-6,9H2. The van der Waals surface area contributed by atoms with E-state index >= 15 is 0 Å². The highest BCUT2D eigenvalue weighted by atomic mass is 14.7. The summed E-state index contributed by atoms with van der Waals surface area (Å²) < 4.78 is 0. The molecule has 0 aromatic heterocycles. The van der Waals surface area contributed by atoms with E-state index in [1.807, 2.05) is 18.4 Å². The molecule has 0 radical (unpaired) electrons. The van der Waals surface area contributed by atoms with Gasteiger partial charge in [-0.3, -0.25) is 4.99 Å². The van der Waals surface area contributed by atoms with Crippen LogP contribution < -0.4 is 5.73 Å². The first kappa shape index (κ1) is 7.22. The summed E-state index contributed by atoms with van der Waals surface area (Å²) >= 11 is 0. The van der Waals surface area contributed by atoms with Gasteiger partial charge < -0.3 is 5.73 Å². The molecule has 2 N–H and O–H groups in total. The maximum absolute atomic E-state index is 5.39. The first-order valence-corrected chi connectivity index (χ1v) is 3.49. The summed E-state index contributed by atoms with van der Waals surface area (Å²) in [6.45, 7) is 1.51. The van der Waals surface area contributed by atoms with Crippen molar-refractivity contribution in [2.75, 3.05) is 13.1 Å². The Hall–Kier alpha value is -0.890. The van der Waals surface area contributed by atoms with Crippen molar-refractivity contribution in [1.82, 2.24) is 0 Å². The summed E-state index contributed by atoms with van der Waals surface area (Å²) in [7, 11) is 0. The van der Waals surface area contributed by atoms with E-state index in [1.165, 1.54) is 5.57 Å². The van der Waals surface area contributed by atoms with Gasteiger partial charge >= 0.3 is 0 Å². The van der Waals surface area contributed by atoms with Crippen LogP contribution in [0.2, 0.25) is 0 Å². The van der Waals surface area contributed by atoms with E-state index in [4.69, 9.17) is 5.73 Å². The normalized spacial score (nSPS) is 16.7. The lowest BCUT2D eigenvalue weighted by molar-refractivity contribution is 0.975. The fourth-order valence-electron chi connectivity index (χ4n) is 0.863. The molecule has 0 aromatic carbocycles. The van der Waals surface area contributed by atoms with E-state index in [0.717, 1.165) is 13.0 Å². The summed E-state index contributed by atoms with van der Waals surface area (Å²) in [6.07, 6.45) is 8.93. The van der Waals surface area contributed by atoms with Crippen LogP contribution in [0.25, 0.3) is 0 Å². The molecular weight excluding hydrogens is 124 g/mol. The van der Waals surface area contributed by atoms with Gasteiger partial charge in [-0.05, 0) is 24.6 Å². The van der Waals surface area contributed by atoms with E-state index in [9.17, 15) is 0 Å². The van der Waals surface area contributed by atoms with Gasteiger partial charge in [0.15, 0.2) is 0 Å². The highest BCUT2D eigenvalue weighted by Crippen LogP contribution is 2.02. The molecule has 2 nitrogen and oxygen atoms in total. The Labute approximate surface area is 61.1 Å². The van der Waals surface area contributed by atoms with Crippen LogP contribution in [0.3, 0.4) is 0 Å². The first-order chi connectivity index (χ1) is 4.93. The highest BCUT2D eigenvalue weighted by molar-refractivity contribution is 5.73. The molecule has 0 fully saturated rings. The van der Waals surface area contributed by atoms with Gasteiger partial charge in [0.05, 0.1) is 6.54 Å². The number of nitrogens with two attached hydrogens (primary N) is 1. The summed E-state index contributed by atoms with van der Waals surface area (Å²) in [4.78, 5) is 4.07. The van der Waals surface area contributed by atoms with E-state index in [1.54, 1.807) is 0 Å². The van der Waals surface area contributed by atoms with E-state index in [2.05, 4.69) is 11.1 Å². The topological polar surface area (TPSA) is 38.4 Å². The van der Waals surface area contributed by atoms with Gasteiger partial charge in [-0.2, -0.15) is 0 Å². The van der Waals surface area contributed by atoms with E-state index in [0.29, 0.717) is 6.54 Å². The Morgan fingerprint density at radius 2 is 2.50 bits per heavy atom. The van der Waals surface area contributed by atoms with Crippen LogP contribution in [-0.4, -0.2) is 19.3 Å². The molecule has 1 aliphatic rings. The lowest BCUT2D eigenvalue weighted by atomic mass is 10.2. The van der Waals surface area contributed by atoms with Crippen LogP contribution in [0, 0.1) is 0 Å². The average Bonchev–Trinajstić information content (AvgIpc) is 2.17. The third-order valence-electron chi connectivity index (χ3n) is 1.37. The van der Waals surface area contributed by atoms with Crippen molar-refractivity contribution in [3.8, 4) is 0 Å². The zero-order valence-corrected chi connectivity index (χ0v) is 5.96. The Morgan fingerprint density at radius 1 is 1.60 bits per heavy atom. The Balaban J connectivity index is 2.55. The predicted octanol–water partition coefficient (Wildman–Crippen LogP) is 0.902. The molecule has 0 atom stereocenters.